The van der Waals surface area contributed by atoms with E-state index in [1.807, 2.05) is 17.9 Å². The molecule has 2 amide bonds. The van der Waals surface area contributed by atoms with Gasteiger partial charge in [0.1, 0.15) is 0 Å². The maximum absolute atomic E-state index is 12.2. The van der Waals surface area contributed by atoms with Crippen LogP contribution >= 0.6 is 0 Å². The number of nitrogens with one attached hydrogen (secondary N) is 1. The van der Waals surface area contributed by atoms with Crippen molar-refractivity contribution >= 4 is 17.5 Å². The van der Waals surface area contributed by atoms with E-state index in [0.717, 1.165) is 31.6 Å². The molecule has 1 aromatic rings. The molecule has 0 aromatic carbocycles. The highest BCUT2D eigenvalue weighted by atomic mass is 16.2. The van der Waals surface area contributed by atoms with Gasteiger partial charge in [-0.25, -0.2) is 0 Å². The molecule has 1 aliphatic heterocycles. The second kappa shape index (κ2) is 4.89. The number of pyridine rings is 1. The van der Waals surface area contributed by atoms with Gasteiger partial charge in [0.15, 0.2) is 0 Å². The molecule has 1 N–H and O–H groups in total. The van der Waals surface area contributed by atoms with Gasteiger partial charge in [0, 0.05) is 37.0 Å². The molecule has 2 atom stereocenters. The third kappa shape index (κ3) is 2.28. The Hall–Kier alpha value is -1.91. The Morgan fingerprint density at radius 1 is 1.55 bits per heavy atom. The average molecular weight is 273 g/mol. The van der Waals surface area contributed by atoms with E-state index in [1.165, 1.54) is 0 Å². The molecule has 0 bridgehead atoms. The van der Waals surface area contributed by atoms with Crippen LogP contribution in [-0.2, 0) is 9.59 Å². The molecule has 1 saturated carbocycles. The summed E-state index contributed by atoms with van der Waals surface area (Å²) in [6.45, 7) is 3.42. The van der Waals surface area contributed by atoms with Gasteiger partial charge in [0.25, 0.3) is 0 Å². The van der Waals surface area contributed by atoms with Gasteiger partial charge in [0.05, 0.1) is 11.9 Å². The highest BCUT2D eigenvalue weighted by molar-refractivity contribution is 5.95. The van der Waals surface area contributed by atoms with Crippen molar-refractivity contribution in [1.82, 2.24) is 9.88 Å². The number of hydrogen-bond donors (Lipinski definition) is 1. The summed E-state index contributed by atoms with van der Waals surface area (Å²) < 4.78 is 0. The normalized spacial score (nSPS) is 27.6. The van der Waals surface area contributed by atoms with Gasteiger partial charge in [-0.05, 0) is 25.0 Å². The van der Waals surface area contributed by atoms with Gasteiger partial charge < -0.3 is 10.2 Å². The maximum Gasteiger partial charge on any atom is 0.228 e. The molecule has 0 radical (unpaired) electrons. The second-order valence-corrected chi connectivity index (χ2v) is 5.77. The number of hydrogen-bond acceptors (Lipinski definition) is 3. The van der Waals surface area contributed by atoms with Crippen molar-refractivity contribution in [3.63, 3.8) is 0 Å². The molecule has 5 heteroatoms. The van der Waals surface area contributed by atoms with E-state index in [9.17, 15) is 9.59 Å². The zero-order valence-electron chi connectivity index (χ0n) is 11.6. The largest absolute Gasteiger partial charge is 0.342 e. The first-order chi connectivity index (χ1) is 9.64. The Morgan fingerprint density at radius 3 is 3.10 bits per heavy atom. The van der Waals surface area contributed by atoms with Crippen LogP contribution in [-0.4, -0.2) is 34.8 Å². The Morgan fingerprint density at radius 2 is 2.40 bits per heavy atom. The minimum absolute atomic E-state index is 0.0388. The number of rotatable bonds is 3. The molecule has 2 heterocycles. The van der Waals surface area contributed by atoms with Crippen molar-refractivity contribution in [3.05, 3.63) is 24.5 Å². The van der Waals surface area contributed by atoms with Crippen molar-refractivity contribution in [2.45, 2.75) is 26.2 Å². The number of amides is 2. The molecule has 5 nitrogen and oxygen atoms in total. The average Bonchev–Trinajstić information content (AvgIpc) is 3.00. The molecular formula is C15H19N3O2. The van der Waals surface area contributed by atoms with Gasteiger partial charge in [-0.2, -0.15) is 0 Å². The zero-order chi connectivity index (χ0) is 14.2. The number of anilines is 1. The van der Waals surface area contributed by atoms with Crippen molar-refractivity contribution in [3.8, 4) is 0 Å². The van der Waals surface area contributed by atoms with Crippen LogP contribution in [0.5, 0.6) is 0 Å². The minimum Gasteiger partial charge on any atom is -0.342 e. The molecule has 2 fully saturated rings. The van der Waals surface area contributed by atoms with Crippen LogP contribution in [0.3, 0.4) is 0 Å². The molecule has 1 aliphatic carbocycles. The van der Waals surface area contributed by atoms with Crippen LogP contribution in [0.15, 0.2) is 24.5 Å². The van der Waals surface area contributed by atoms with Crippen molar-refractivity contribution in [2.75, 3.05) is 18.4 Å². The number of likely N-dealkylation sites (tertiary alicyclic amines) is 1. The van der Waals surface area contributed by atoms with E-state index in [-0.39, 0.29) is 23.1 Å². The summed E-state index contributed by atoms with van der Waals surface area (Å²) in [5, 5.41) is 2.91. The number of carbonyl (C=O) groups excluding carboxylic acids is 2. The van der Waals surface area contributed by atoms with E-state index in [4.69, 9.17) is 0 Å². The van der Waals surface area contributed by atoms with Crippen LogP contribution in [0.25, 0.3) is 0 Å². The third-order valence-electron chi connectivity index (χ3n) is 4.48. The van der Waals surface area contributed by atoms with E-state index < -0.39 is 0 Å². The zero-order valence-corrected chi connectivity index (χ0v) is 11.6. The summed E-state index contributed by atoms with van der Waals surface area (Å²) in [7, 11) is 0. The van der Waals surface area contributed by atoms with E-state index in [2.05, 4.69) is 10.3 Å². The van der Waals surface area contributed by atoms with E-state index in [0.29, 0.717) is 6.42 Å². The number of nitrogens with zero attached hydrogens (tertiary/aromatic N) is 2. The van der Waals surface area contributed by atoms with Crippen LogP contribution < -0.4 is 5.32 Å². The first-order valence-corrected chi connectivity index (χ1v) is 7.13. The van der Waals surface area contributed by atoms with E-state index >= 15 is 0 Å². The lowest BCUT2D eigenvalue weighted by Crippen LogP contribution is -2.29. The van der Waals surface area contributed by atoms with Gasteiger partial charge in [0.2, 0.25) is 11.8 Å². The summed E-state index contributed by atoms with van der Waals surface area (Å²) in [5.41, 5.74) is 0.774. The first-order valence-electron chi connectivity index (χ1n) is 7.13. The molecular weight excluding hydrogens is 254 g/mol. The molecule has 2 aliphatic rings. The summed E-state index contributed by atoms with van der Waals surface area (Å²) >= 11 is 0. The second-order valence-electron chi connectivity index (χ2n) is 5.77. The Bertz CT molecular complexity index is 531. The van der Waals surface area contributed by atoms with Gasteiger partial charge in [-0.3, -0.25) is 14.6 Å². The standard InChI is InChI=1S/C15H19N3O2/c1-2-13(19)18-7-5-15(10-18)8-12(15)14(20)17-11-4-3-6-16-9-11/h3-4,6,9,12H,2,5,7-8,10H2,1H3,(H,17,20)/t12-,15+/m0/s1. The fourth-order valence-electron chi connectivity index (χ4n) is 3.17. The lowest BCUT2D eigenvalue weighted by atomic mass is 10.0. The fraction of sp³-hybridized carbons (Fsp3) is 0.533. The highest BCUT2D eigenvalue weighted by Gasteiger charge is 2.61. The lowest BCUT2D eigenvalue weighted by molar-refractivity contribution is -0.130. The quantitative estimate of drug-likeness (QED) is 0.911. The highest BCUT2D eigenvalue weighted by Crippen LogP contribution is 2.58. The minimum atomic E-state index is 0.0388. The monoisotopic (exact) mass is 273 g/mol. The molecule has 106 valence electrons. The molecule has 1 saturated heterocycles. The van der Waals surface area contributed by atoms with Gasteiger partial charge in [-0.1, -0.05) is 6.92 Å². The topological polar surface area (TPSA) is 62.3 Å². The molecule has 0 unspecified atom stereocenters. The Balaban J connectivity index is 1.59. The maximum atomic E-state index is 12.2. The van der Waals surface area contributed by atoms with Crippen LogP contribution in [0.1, 0.15) is 26.2 Å². The van der Waals surface area contributed by atoms with Crippen LogP contribution in [0.4, 0.5) is 5.69 Å². The van der Waals surface area contributed by atoms with Gasteiger partial charge in [-0.15, -0.1) is 0 Å². The summed E-state index contributed by atoms with van der Waals surface area (Å²) in [6.07, 6.45) is 5.72. The SMILES string of the molecule is CCC(=O)N1CC[C@@]2(C[C@H]2C(=O)Nc2cccnc2)C1. The predicted octanol–water partition coefficient (Wildman–Crippen LogP) is 1.67. The first kappa shape index (κ1) is 13.1. The van der Waals surface area contributed by atoms with Crippen molar-refractivity contribution in [1.29, 1.82) is 0 Å². The Kier molecular flexibility index (Phi) is 3.20. The smallest absolute Gasteiger partial charge is 0.228 e. The number of carbonyl (C=O) groups is 2. The Labute approximate surface area is 118 Å². The van der Waals surface area contributed by atoms with Crippen molar-refractivity contribution in [2.24, 2.45) is 11.3 Å². The molecule has 20 heavy (non-hydrogen) atoms. The molecule has 1 aromatic heterocycles. The van der Waals surface area contributed by atoms with Crippen LogP contribution in [0.2, 0.25) is 0 Å². The molecule has 3 rings (SSSR count). The third-order valence-corrected chi connectivity index (χ3v) is 4.48. The van der Waals surface area contributed by atoms with Gasteiger partial charge >= 0.3 is 0 Å². The van der Waals surface area contributed by atoms with E-state index in [1.54, 1.807) is 18.5 Å². The predicted molar refractivity (Wildman–Crippen MR) is 74.9 cm³/mol. The van der Waals surface area contributed by atoms with Crippen molar-refractivity contribution < 1.29 is 9.59 Å². The summed E-state index contributed by atoms with van der Waals surface area (Å²) in [4.78, 5) is 29.8. The van der Waals surface area contributed by atoms with Crippen LogP contribution in [0, 0.1) is 11.3 Å². The fourth-order valence-corrected chi connectivity index (χ4v) is 3.17. The molecule has 1 spiro atoms. The summed E-state index contributed by atoms with van der Waals surface area (Å²) in [5.74, 6) is 0.293. The summed E-state index contributed by atoms with van der Waals surface area (Å²) in [6, 6.07) is 3.64. The lowest BCUT2D eigenvalue weighted by Gasteiger charge is -2.15. The number of aromatic nitrogens is 1.